The number of esters is 1. The Balaban J connectivity index is 1.44. The summed E-state index contributed by atoms with van der Waals surface area (Å²) in [5.41, 5.74) is 6.96. The first-order valence-electron chi connectivity index (χ1n) is 11.7. The summed E-state index contributed by atoms with van der Waals surface area (Å²) in [5.74, 6) is 1.71. The maximum Gasteiger partial charge on any atom is 0.338 e. The highest BCUT2D eigenvalue weighted by Gasteiger charge is 2.21. The van der Waals surface area contributed by atoms with Gasteiger partial charge >= 0.3 is 5.97 Å². The zero-order valence-electron chi connectivity index (χ0n) is 21.0. The minimum absolute atomic E-state index is 0.407. The van der Waals surface area contributed by atoms with E-state index in [9.17, 15) is 4.79 Å². The molecule has 0 fully saturated rings. The van der Waals surface area contributed by atoms with Crippen LogP contribution < -0.4 is 4.74 Å². The van der Waals surface area contributed by atoms with Crippen LogP contribution in [0.15, 0.2) is 65.3 Å². The van der Waals surface area contributed by atoms with Gasteiger partial charge in [0.1, 0.15) is 17.2 Å². The fourth-order valence-corrected chi connectivity index (χ4v) is 4.28. The van der Waals surface area contributed by atoms with Gasteiger partial charge in [0.15, 0.2) is 11.4 Å². The fourth-order valence-electron chi connectivity index (χ4n) is 4.28. The van der Waals surface area contributed by atoms with Crippen molar-refractivity contribution in [2.75, 3.05) is 7.11 Å². The fraction of sp³-hybridized carbons (Fsp3) is 0.207. The van der Waals surface area contributed by atoms with Gasteiger partial charge in [-0.3, -0.25) is 4.68 Å². The number of carbonyl (C=O) groups excluding carboxylic acids is 1. The topological polar surface area (TPSA) is 79.4 Å². The Hall–Kier alpha value is -4.39. The predicted octanol–water partition coefficient (Wildman–Crippen LogP) is 6.55. The summed E-state index contributed by atoms with van der Waals surface area (Å²) in [7, 11) is 1.36. The van der Waals surface area contributed by atoms with Crippen molar-refractivity contribution >= 4 is 17.0 Å². The van der Waals surface area contributed by atoms with Gasteiger partial charge in [0.05, 0.1) is 30.9 Å². The second-order valence-corrected chi connectivity index (χ2v) is 8.89. The lowest BCUT2D eigenvalue weighted by Crippen LogP contribution is -2.05. The summed E-state index contributed by atoms with van der Waals surface area (Å²) < 4.78 is 18.4. The van der Waals surface area contributed by atoms with Gasteiger partial charge in [0.2, 0.25) is 0 Å². The number of ether oxygens (including phenoxy) is 2. The summed E-state index contributed by atoms with van der Waals surface area (Å²) in [6.45, 7) is 8.74. The van der Waals surface area contributed by atoms with Crippen molar-refractivity contribution in [3.05, 3.63) is 94.4 Å². The monoisotopic (exact) mass is 481 g/mol. The van der Waals surface area contributed by atoms with Crippen LogP contribution in [0.25, 0.3) is 22.5 Å². The smallest absolute Gasteiger partial charge is 0.338 e. The molecule has 5 rings (SSSR count). The van der Waals surface area contributed by atoms with E-state index in [4.69, 9.17) is 19.0 Å². The maximum atomic E-state index is 12.6. The second-order valence-electron chi connectivity index (χ2n) is 8.89. The Labute approximate surface area is 209 Å². The zero-order chi connectivity index (χ0) is 25.4. The van der Waals surface area contributed by atoms with Crippen LogP contribution in [0.4, 0.5) is 0 Å². The summed E-state index contributed by atoms with van der Waals surface area (Å²) in [4.78, 5) is 17.2. The van der Waals surface area contributed by atoms with Crippen LogP contribution in [0.3, 0.4) is 0 Å². The summed E-state index contributed by atoms with van der Waals surface area (Å²) in [6.07, 6.45) is 1.57. The molecule has 5 aromatic rings. The van der Waals surface area contributed by atoms with Gasteiger partial charge < -0.3 is 13.9 Å². The average molecular weight is 482 g/mol. The van der Waals surface area contributed by atoms with Gasteiger partial charge in [0, 0.05) is 5.69 Å². The van der Waals surface area contributed by atoms with Crippen LogP contribution in [-0.2, 0) is 11.3 Å². The lowest BCUT2D eigenvalue weighted by molar-refractivity contribution is 0.0603. The van der Waals surface area contributed by atoms with E-state index in [0.29, 0.717) is 34.6 Å². The van der Waals surface area contributed by atoms with E-state index < -0.39 is 5.97 Å². The largest absolute Gasteiger partial charge is 0.465 e. The highest BCUT2D eigenvalue weighted by molar-refractivity contribution is 6.04. The Bertz CT molecular complexity index is 1540. The number of benzene rings is 2. The SMILES string of the molecule is COC(=O)c1cc(-c2ccco2)nc2nn(Cc3ccc(Oc4cc(C)c(C)c(C)c4)cc3)c(C)c12. The van der Waals surface area contributed by atoms with E-state index in [0.717, 1.165) is 22.8 Å². The summed E-state index contributed by atoms with van der Waals surface area (Å²) >= 11 is 0. The molecule has 0 bridgehead atoms. The first kappa shape index (κ1) is 23.4. The van der Waals surface area contributed by atoms with Crippen LogP contribution in [-0.4, -0.2) is 27.8 Å². The Morgan fingerprint density at radius 1 is 0.972 bits per heavy atom. The van der Waals surface area contributed by atoms with E-state index in [1.165, 1.54) is 23.8 Å². The molecule has 0 aliphatic rings. The molecular weight excluding hydrogens is 454 g/mol. The van der Waals surface area contributed by atoms with E-state index in [1.807, 2.05) is 35.9 Å². The Kier molecular flexibility index (Phi) is 6.06. The molecule has 0 aliphatic heterocycles. The molecule has 182 valence electrons. The van der Waals surface area contributed by atoms with E-state index in [2.05, 4.69) is 37.9 Å². The van der Waals surface area contributed by atoms with E-state index >= 15 is 0 Å². The average Bonchev–Trinajstić information content (AvgIpc) is 3.51. The minimum Gasteiger partial charge on any atom is -0.465 e. The molecule has 3 aromatic heterocycles. The molecule has 0 amide bonds. The molecule has 36 heavy (non-hydrogen) atoms. The summed E-state index contributed by atoms with van der Waals surface area (Å²) in [5, 5.41) is 5.37. The minimum atomic E-state index is -0.444. The van der Waals surface area contributed by atoms with E-state index in [-0.39, 0.29) is 0 Å². The molecule has 0 spiro atoms. The molecule has 0 saturated heterocycles. The Morgan fingerprint density at radius 2 is 1.69 bits per heavy atom. The van der Waals surface area contributed by atoms with Crippen molar-refractivity contribution in [2.24, 2.45) is 0 Å². The molecule has 0 saturated carbocycles. The van der Waals surface area contributed by atoms with Crippen LogP contribution >= 0.6 is 0 Å². The predicted molar refractivity (Wildman–Crippen MR) is 138 cm³/mol. The standard InChI is InChI=1S/C29H27N3O4/c1-17-13-23(14-18(2)19(17)3)36-22-10-8-21(9-11-22)16-32-20(4)27-24(29(33)34-5)15-25(30-28(27)31-32)26-7-6-12-35-26/h6-15H,16H2,1-5H3. The molecule has 0 atom stereocenters. The molecule has 7 nitrogen and oxygen atoms in total. The van der Waals surface area contributed by atoms with Gasteiger partial charge in [0.25, 0.3) is 0 Å². The number of carbonyl (C=O) groups is 1. The van der Waals surface area contributed by atoms with Crippen LogP contribution in [0.1, 0.15) is 38.3 Å². The van der Waals surface area contributed by atoms with Crippen molar-refractivity contribution in [1.29, 1.82) is 0 Å². The molecule has 0 N–H and O–H groups in total. The number of hydrogen-bond acceptors (Lipinski definition) is 6. The highest BCUT2D eigenvalue weighted by Crippen LogP contribution is 2.29. The molecule has 7 heteroatoms. The summed E-state index contributed by atoms with van der Waals surface area (Å²) in [6, 6.07) is 17.3. The third kappa shape index (κ3) is 4.35. The molecule has 0 unspecified atom stereocenters. The van der Waals surface area contributed by atoms with Crippen molar-refractivity contribution in [3.63, 3.8) is 0 Å². The van der Waals surface area contributed by atoms with Crippen LogP contribution in [0.5, 0.6) is 11.5 Å². The quantitative estimate of drug-likeness (QED) is 0.256. The first-order valence-corrected chi connectivity index (χ1v) is 11.7. The number of rotatable bonds is 6. The number of fused-ring (bicyclic) bond motifs is 1. The molecule has 3 heterocycles. The van der Waals surface area contributed by atoms with Crippen LogP contribution in [0.2, 0.25) is 0 Å². The van der Waals surface area contributed by atoms with Crippen molar-refractivity contribution in [1.82, 2.24) is 14.8 Å². The number of methoxy groups -OCH3 is 1. The lowest BCUT2D eigenvalue weighted by Gasteiger charge is -2.11. The third-order valence-corrected chi connectivity index (χ3v) is 6.54. The number of aryl methyl sites for hydroxylation is 3. The third-order valence-electron chi connectivity index (χ3n) is 6.54. The van der Waals surface area contributed by atoms with Gasteiger partial charge in [-0.2, -0.15) is 5.10 Å². The number of furan rings is 1. The van der Waals surface area contributed by atoms with Gasteiger partial charge in [-0.15, -0.1) is 0 Å². The van der Waals surface area contributed by atoms with E-state index in [1.54, 1.807) is 24.5 Å². The highest BCUT2D eigenvalue weighted by atomic mass is 16.5. The molecular formula is C29H27N3O4. The lowest BCUT2D eigenvalue weighted by atomic mass is 10.0. The number of aromatic nitrogens is 3. The number of pyridine rings is 1. The maximum absolute atomic E-state index is 12.6. The van der Waals surface area contributed by atoms with Gasteiger partial charge in [-0.05, 0) is 92.4 Å². The van der Waals surface area contributed by atoms with Gasteiger partial charge in [-0.25, -0.2) is 9.78 Å². The van der Waals surface area contributed by atoms with Crippen LogP contribution in [0, 0.1) is 27.7 Å². The normalized spacial score (nSPS) is 11.1. The molecule has 0 aliphatic carbocycles. The number of hydrogen-bond donors (Lipinski definition) is 0. The zero-order valence-corrected chi connectivity index (χ0v) is 21.0. The first-order chi connectivity index (χ1) is 17.3. The Morgan fingerprint density at radius 3 is 2.33 bits per heavy atom. The molecule has 0 radical (unpaired) electrons. The van der Waals surface area contributed by atoms with Crippen molar-refractivity contribution < 1.29 is 18.7 Å². The van der Waals surface area contributed by atoms with Crippen molar-refractivity contribution in [3.8, 4) is 23.0 Å². The molecule has 2 aromatic carbocycles. The second kappa shape index (κ2) is 9.34. The number of nitrogens with zero attached hydrogens (tertiary/aromatic N) is 3. The van der Waals surface area contributed by atoms with Crippen molar-refractivity contribution in [2.45, 2.75) is 34.2 Å². The van der Waals surface area contributed by atoms with Gasteiger partial charge in [-0.1, -0.05) is 12.1 Å².